The van der Waals surface area contributed by atoms with Crippen molar-refractivity contribution in [2.45, 2.75) is 17.7 Å². The molecule has 1 aromatic rings. The molecule has 0 radical (unpaired) electrons. The molecular formula is C16H19Cl2NO5. The zero-order chi connectivity index (χ0) is 17.8. The van der Waals surface area contributed by atoms with Crippen LogP contribution in [0.2, 0.25) is 0 Å². The number of hydrogen-bond acceptors (Lipinski definition) is 5. The highest BCUT2D eigenvalue weighted by Crippen LogP contribution is 2.64. The zero-order valence-corrected chi connectivity index (χ0v) is 14.9. The SMILES string of the molecule is COc1ccccc1OCCNC(=O)COC(=O)[C@@]1(C)CC1(Cl)Cl. The van der Waals surface area contributed by atoms with Gasteiger partial charge >= 0.3 is 5.97 Å². The lowest BCUT2D eigenvalue weighted by atomic mass is 10.1. The molecule has 1 N–H and O–H groups in total. The van der Waals surface area contributed by atoms with E-state index in [0.717, 1.165) is 0 Å². The summed E-state index contributed by atoms with van der Waals surface area (Å²) in [5.41, 5.74) is -0.941. The summed E-state index contributed by atoms with van der Waals surface area (Å²) >= 11 is 11.8. The molecule has 0 heterocycles. The van der Waals surface area contributed by atoms with Crippen molar-refractivity contribution in [3.8, 4) is 11.5 Å². The predicted molar refractivity (Wildman–Crippen MR) is 89.6 cm³/mol. The van der Waals surface area contributed by atoms with Crippen LogP contribution in [0, 0.1) is 5.41 Å². The minimum absolute atomic E-state index is 0.254. The number of ether oxygens (including phenoxy) is 3. The molecule has 1 atom stereocenters. The summed E-state index contributed by atoms with van der Waals surface area (Å²) in [6, 6.07) is 7.20. The minimum atomic E-state index is -1.11. The van der Waals surface area contributed by atoms with Crippen LogP contribution in [0.3, 0.4) is 0 Å². The molecule has 0 aliphatic heterocycles. The highest BCUT2D eigenvalue weighted by Gasteiger charge is 2.69. The highest BCUT2D eigenvalue weighted by atomic mass is 35.5. The van der Waals surface area contributed by atoms with Crippen LogP contribution in [0.1, 0.15) is 13.3 Å². The van der Waals surface area contributed by atoms with E-state index in [4.69, 9.17) is 37.4 Å². The van der Waals surface area contributed by atoms with E-state index in [1.165, 1.54) is 0 Å². The van der Waals surface area contributed by atoms with Crippen molar-refractivity contribution >= 4 is 35.1 Å². The van der Waals surface area contributed by atoms with Gasteiger partial charge in [-0.05, 0) is 19.1 Å². The number of amides is 1. The molecule has 1 saturated carbocycles. The lowest BCUT2D eigenvalue weighted by Gasteiger charge is -2.12. The molecular weight excluding hydrogens is 357 g/mol. The van der Waals surface area contributed by atoms with Gasteiger partial charge in [-0.2, -0.15) is 0 Å². The van der Waals surface area contributed by atoms with Gasteiger partial charge in [0.15, 0.2) is 18.1 Å². The van der Waals surface area contributed by atoms with E-state index in [9.17, 15) is 9.59 Å². The van der Waals surface area contributed by atoms with Crippen LogP contribution in [0.5, 0.6) is 11.5 Å². The third-order valence-electron chi connectivity index (χ3n) is 3.79. The van der Waals surface area contributed by atoms with Crippen molar-refractivity contribution in [2.24, 2.45) is 5.41 Å². The monoisotopic (exact) mass is 375 g/mol. The maximum Gasteiger partial charge on any atom is 0.315 e. The Kier molecular flexibility index (Phi) is 5.83. The molecule has 1 fully saturated rings. The number of benzene rings is 1. The van der Waals surface area contributed by atoms with Gasteiger partial charge in [-0.1, -0.05) is 12.1 Å². The number of esters is 1. The summed E-state index contributed by atoms with van der Waals surface area (Å²) in [6.07, 6.45) is 0.316. The lowest BCUT2D eigenvalue weighted by Crippen LogP contribution is -2.33. The Balaban J connectivity index is 1.64. The molecule has 1 aliphatic carbocycles. The molecule has 1 amide bonds. The first-order chi connectivity index (χ1) is 11.3. The van der Waals surface area contributed by atoms with E-state index >= 15 is 0 Å². The molecule has 1 aromatic carbocycles. The molecule has 0 aromatic heterocycles. The van der Waals surface area contributed by atoms with Gasteiger partial charge in [0.2, 0.25) is 0 Å². The molecule has 6 nitrogen and oxygen atoms in total. The zero-order valence-electron chi connectivity index (χ0n) is 13.4. The van der Waals surface area contributed by atoms with Gasteiger partial charge in [0.05, 0.1) is 13.7 Å². The Hall–Kier alpha value is -1.66. The van der Waals surface area contributed by atoms with Crippen LogP contribution in [0.15, 0.2) is 24.3 Å². The molecule has 1 aliphatic rings. The summed E-state index contributed by atoms with van der Waals surface area (Å²) < 4.78 is 14.5. The topological polar surface area (TPSA) is 73.9 Å². The predicted octanol–water partition coefficient (Wildman–Crippen LogP) is 2.32. The van der Waals surface area contributed by atoms with Crippen LogP contribution in [-0.2, 0) is 14.3 Å². The van der Waals surface area contributed by atoms with Gasteiger partial charge in [-0.25, -0.2) is 0 Å². The third kappa shape index (κ3) is 4.24. The van der Waals surface area contributed by atoms with E-state index in [2.05, 4.69) is 5.32 Å². The standard InChI is InChI=1S/C16H19Cl2NO5/c1-15(10-16(15,17)18)14(21)24-9-13(20)19-7-8-23-12-6-4-3-5-11(12)22-2/h3-6H,7-10H2,1-2H3,(H,19,20)/t15-/m1/s1. The fourth-order valence-corrected chi connectivity index (χ4v) is 2.74. The summed E-state index contributed by atoms with van der Waals surface area (Å²) in [4.78, 5) is 23.5. The van der Waals surface area contributed by atoms with Crippen LogP contribution < -0.4 is 14.8 Å². The molecule has 132 valence electrons. The van der Waals surface area contributed by atoms with Crippen LogP contribution in [0.25, 0.3) is 0 Å². The number of alkyl halides is 2. The van der Waals surface area contributed by atoms with Crippen molar-refractivity contribution in [2.75, 3.05) is 26.9 Å². The molecule has 2 rings (SSSR count). The number of nitrogens with one attached hydrogen (secondary N) is 1. The Morgan fingerprint density at radius 1 is 1.25 bits per heavy atom. The molecule has 0 saturated heterocycles. The second-order valence-electron chi connectivity index (χ2n) is 5.64. The average Bonchev–Trinajstić information content (AvgIpc) is 3.09. The van der Waals surface area contributed by atoms with Gasteiger partial charge in [0.1, 0.15) is 16.4 Å². The van der Waals surface area contributed by atoms with Crippen molar-refractivity contribution in [1.29, 1.82) is 0 Å². The van der Waals surface area contributed by atoms with Crippen molar-refractivity contribution in [3.63, 3.8) is 0 Å². The number of carbonyl (C=O) groups excluding carboxylic acids is 2. The Labute approximate surface area is 150 Å². The smallest absolute Gasteiger partial charge is 0.315 e. The van der Waals surface area contributed by atoms with Gasteiger partial charge < -0.3 is 19.5 Å². The number of carbonyl (C=O) groups is 2. The number of halogens is 2. The Morgan fingerprint density at radius 2 is 1.88 bits per heavy atom. The second-order valence-corrected chi connectivity index (χ2v) is 7.12. The first-order valence-corrected chi connectivity index (χ1v) is 8.13. The molecule has 8 heteroatoms. The molecule has 0 spiro atoms. The fourth-order valence-electron chi connectivity index (χ4n) is 2.05. The molecule has 0 bridgehead atoms. The minimum Gasteiger partial charge on any atom is -0.493 e. The van der Waals surface area contributed by atoms with Crippen LogP contribution >= 0.6 is 23.2 Å². The summed E-state index contributed by atoms with van der Waals surface area (Å²) in [7, 11) is 1.55. The van der Waals surface area contributed by atoms with Crippen molar-refractivity contribution in [3.05, 3.63) is 24.3 Å². The highest BCUT2D eigenvalue weighted by molar-refractivity contribution is 6.53. The third-order valence-corrected chi connectivity index (χ3v) is 4.90. The van der Waals surface area contributed by atoms with E-state index in [-0.39, 0.29) is 19.8 Å². The average molecular weight is 376 g/mol. The first kappa shape index (κ1) is 18.7. The van der Waals surface area contributed by atoms with Crippen molar-refractivity contribution < 1.29 is 23.8 Å². The summed E-state index contributed by atoms with van der Waals surface area (Å²) in [5.74, 6) is 0.197. The van der Waals surface area contributed by atoms with E-state index in [1.54, 1.807) is 26.2 Å². The van der Waals surface area contributed by atoms with Gasteiger partial charge in [-0.15, -0.1) is 23.2 Å². The van der Waals surface area contributed by atoms with E-state index < -0.39 is 21.6 Å². The van der Waals surface area contributed by atoms with Gasteiger partial charge in [-0.3, -0.25) is 9.59 Å². The number of para-hydroxylation sites is 2. The van der Waals surface area contributed by atoms with Crippen molar-refractivity contribution in [1.82, 2.24) is 5.32 Å². The maximum atomic E-state index is 11.8. The molecule has 0 unspecified atom stereocenters. The largest absolute Gasteiger partial charge is 0.493 e. The van der Waals surface area contributed by atoms with Crippen LogP contribution in [-0.4, -0.2) is 43.1 Å². The number of methoxy groups -OCH3 is 1. The maximum absolute atomic E-state index is 11.8. The van der Waals surface area contributed by atoms with E-state index in [1.807, 2.05) is 12.1 Å². The summed E-state index contributed by atoms with van der Waals surface area (Å²) in [5, 5.41) is 2.59. The summed E-state index contributed by atoms with van der Waals surface area (Å²) in [6.45, 7) is 1.74. The van der Waals surface area contributed by atoms with Crippen LogP contribution in [0.4, 0.5) is 0 Å². The Bertz CT molecular complexity index is 622. The Morgan fingerprint density at radius 3 is 2.46 bits per heavy atom. The first-order valence-electron chi connectivity index (χ1n) is 7.38. The normalized spacial score (nSPS) is 20.8. The lowest BCUT2D eigenvalue weighted by molar-refractivity contribution is -0.153. The van der Waals surface area contributed by atoms with Gasteiger partial charge in [0.25, 0.3) is 5.91 Å². The molecule has 24 heavy (non-hydrogen) atoms. The fraction of sp³-hybridized carbons (Fsp3) is 0.500. The quantitative estimate of drug-likeness (QED) is 0.428. The number of rotatable bonds is 8. The number of hydrogen-bond donors (Lipinski definition) is 1. The van der Waals surface area contributed by atoms with Gasteiger partial charge in [0, 0.05) is 6.42 Å². The second kappa shape index (κ2) is 7.49. The van der Waals surface area contributed by atoms with E-state index in [0.29, 0.717) is 17.9 Å².